The van der Waals surface area contributed by atoms with E-state index in [1.54, 1.807) is 0 Å². The first-order valence-corrected chi connectivity index (χ1v) is 5.30. The predicted octanol–water partition coefficient (Wildman–Crippen LogP) is 1.36. The van der Waals surface area contributed by atoms with Crippen LogP contribution in [0.1, 0.15) is 6.42 Å². The van der Waals surface area contributed by atoms with Crippen LogP contribution in [0, 0.1) is 0 Å². The fraction of sp³-hybridized carbons (Fsp3) is 0.800. The van der Waals surface area contributed by atoms with Gasteiger partial charge < -0.3 is 9.80 Å². The topological polar surface area (TPSA) is 6.48 Å². The van der Waals surface area contributed by atoms with Gasteiger partial charge in [0.05, 0.1) is 0 Å². The van der Waals surface area contributed by atoms with Gasteiger partial charge in [-0.2, -0.15) is 12.6 Å². The van der Waals surface area contributed by atoms with E-state index in [0.29, 0.717) is 0 Å². The molecule has 0 radical (unpaired) electrons. The van der Waals surface area contributed by atoms with Gasteiger partial charge in [0.25, 0.3) is 0 Å². The van der Waals surface area contributed by atoms with Crippen LogP contribution in [0.4, 0.5) is 0 Å². The van der Waals surface area contributed by atoms with Crippen molar-refractivity contribution in [2.24, 2.45) is 0 Å². The molecule has 0 bridgehead atoms. The van der Waals surface area contributed by atoms with Gasteiger partial charge in [-0.25, -0.2) is 0 Å². The monoisotopic (exact) mass is 202 g/mol. The standard InChI is InChI=1S/C10H22N2S/c1-10(9-13)8-12(4)7-5-6-11(2)3/h13H,1,5-9H2,2-4H3. The molecular formula is C10H22N2S. The average Bonchev–Trinajstić information content (AvgIpc) is 2.03. The molecule has 3 heteroatoms. The van der Waals surface area contributed by atoms with Crippen molar-refractivity contribution in [1.29, 1.82) is 0 Å². The fourth-order valence-electron chi connectivity index (χ4n) is 1.17. The summed E-state index contributed by atoms with van der Waals surface area (Å²) in [5.41, 5.74) is 1.19. The lowest BCUT2D eigenvalue weighted by Gasteiger charge is -2.18. The first-order valence-electron chi connectivity index (χ1n) is 4.67. The van der Waals surface area contributed by atoms with Crippen LogP contribution in [0.3, 0.4) is 0 Å². The largest absolute Gasteiger partial charge is 0.309 e. The SMILES string of the molecule is C=C(CS)CN(C)CCCN(C)C. The number of nitrogens with zero attached hydrogens (tertiary/aromatic N) is 2. The molecule has 0 aliphatic heterocycles. The van der Waals surface area contributed by atoms with E-state index in [4.69, 9.17) is 0 Å². The second-order valence-electron chi connectivity index (χ2n) is 3.80. The van der Waals surface area contributed by atoms with Crippen LogP contribution in [-0.2, 0) is 0 Å². The Balaban J connectivity index is 3.40. The third-order valence-electron chi connectivity index (χ3n) is 1.86. The molecule has 0 spiro atoms. The van der Waals surface area contributed by atoms with Gasteiger partial charge in [0.15, 0.2) is 0 Å². The molecule has 0 aromatic rings. The van der Waals surface area contributed by atoms with Crippen molar-refractivity contribution in [3.8, 4) is 0 Å². The van der Waals surface area contributed by atoms with E-state index in [1.807, 2.05) is 0 Å². The van der Waals surface area contributed by atoms with E-state index in [-0.39, 0.29) is 0 Å². The fourth-order valence-corrected chi connectivity index (χ4v) is 1.27. The Hall–Kier alpha value is 0.01000. The van der Waals surface area contributed by atoms with Crippen LogP contribution in [0.2, 0.25) is 0 Å². The summed E-state index contributed by atoms with van der Waals surface area (Å²) in [6.07, 6.45) is 1.21. The lowest BCUT2D eigenvalue weighted by atomic mass is 10.3. The zero-order valence-corrected chi connectivity index (χ0v) is 9.98. The number of hydrogen-bond acceptors (Lipinski definition) is 3. The molecule has 0 aromatic heterocycles. The van der Waals surface area contributed by atoms with Gasteiger partial charge in [-0.1, -0.05) is 12.2 Å². The summed E-state index contributed by atoms with van der Waals surface area (Å²) in [5.74, 6) is 0.790. The van der Waals surface area contributed by atoms with E-state index in [9.17, 15) is 0 Å². The highest BCUT2D eigenvalue weighted by atomic mass is 32.1. The van der Waals surface area contributed by atoms with Crippen molar-refractivity contribution in [3.05, 3.63) is 12.2 Å². The van der Waals surface area contributed by atoms with Gasteiger partial charge in [-0.05, 0) is 40.7 Å². The molecule has 0 saturated carbocycles. The van der Waals surface area contributed by atoms with Crippen molar-refractivity contribution in [1.82, 2.24) is 9.80 Å². The zero-order valence-electron chi connectivity index (χ0n) is 9.08. The maximum absolute atomic E-state index is 4.18. The second kappa shape index (κ2) is 7.42. The number of hydrogen-bond donors (Lipinski definition) is 1. The molecule has 13 heavy (non-hydrogen) atoms. The van der Waals surface area contributed by atoms with Crippen LogP contribution in [0.5, 0.6) is 0 Å². The molecule has 0 unspecified atom stereocenters. The first kappa shape index (κ1) is 13.0. The summed E-state index contributed by atoms with van der Waals surface area (Å²) in [6.45, 7) is 7.18. The molecular weight excluding hydrogens is 180 g/mol. The summed E-state index contributed by atoms with van der Waals surface area (Å²) in [6, 6.07) is 0. The van der Waals surface area contributed by atoms with E-state index >= 15 is 0 Å². The summed E-state index contributed by atoms with van der Waals surface area (Å²) >= 11 is 4.18. The minimum atomic E-state index is 0.790. The molecule has 0 rings (SSSR count). The van der Waals surface area contributed by atoms with Crippen molar-refractivity contribution in [2.45, 2.75) is 6.42 Å². The number of likely N-dealkylation sites (N-methyl/N-ethyl adjacent to an activating group) is 1. The van der Waals surface area contributed by atoms with Crippen LogP contribution in [0.15, 0.2) is 12.2 Å². The van der Waals surface area contributed by atoms with Gasteiger partial charge in [0.2, 0.25) is 0 Å². The minimum Gasteiger partial charge on any atom is -0.309 e. The van der Waals surface area contributed by atoms with Crippen LogP contribution < -0.4 is 0 Å². The van der Waals surface area contributed by atoms with E-state index in [1.165, 1.54) is 12.0 Å². The molecule has 0 N–H and O–H groups in total. The normalized spacial score (nSPS) is 11.2. The molecule has 0 atom stereocenters. The summed E-state index contributed by atoms with van der Waals surface area (Å²) in [7, 11) is 6.34. The maximum atomic E-state index is 4.18. The van der Waals surface area contributed by atoms with Crippen LogP contribution in [0.25, 0.3) is 0 Å². The number of rotatable bonds is 7. The third-order valence-corrected chi connectivity index (χ3v) is 2.31. The summed E-state index contributed by atoms with van der Waals surface area (Å²) in [5, 5.41) is 0. The van der Waals surface area contributed by atoms with Gasteiger partial charge >= 0.3 is 0 Å². The second-order valence-corrected chi connectivity index (χ2v) is 4.12. The van der Waals surface area contributed by atoms with Crippen molar-refractivity contribution in [2.75, 3.05) is 46.5 Å². The summed E-state index contributed by atoms with van der Waals surface area (Å²) in [4.78, 5) is 4.50. The molecule has 0 aromatic carbocycles. The van der Waals surface area contributed by atoms with Crippen LogP contribution in [-0.4, -0.2) is 56.3 Å². The molecule has 0 aliphatic rings. The van der Waals surface area contributed by atoms with Crippen molar-refractivity contribution < 1.29 is 0 Å². The molecule has 0 amide bonds. The molecule has 78 valence electrons. The quantitative estimate of drug-likeness (QED) is 0.492. The Morgan fingerprint density at radius 2 is 1.85 bits per heavy atom. The average molecular weight is 202 g/mol. The summed E-state index contributed by atoms with van der Waals surface area (Å²) < 4.78 is 0. The first-order chi connectivity index (χ1) is 6.06. The molecule has 2 nitrogen and oxygen atoms in total. The smallest absolute Gasteiger partial charge is 0.0195 e. The van der Waals surface area contributed by atoms with Crippen molar-refractivity contribution in [3.63, 3.8) is 0 Å². The van der Waals surface area contributed by atoms with Crippen molar-refractivity contribution >= 4 is 12.6 Å². The Bertz CT molecular complexity index is 146. The Labute approximate surface area is 88.0 Å². The highest BCUT2D eigenvalue weighted by Gasteiger charge is 1.99. The molecule has 0 aliphatic carbocycles. The minimum absolute atomic E-state index is 0.790. The van der Waals surface area contributed by atoms with E-state index in [0.717, 1.165) is 25.4 Å². The zero-order chi connectivity index (χ0) is 10.3. The Morgan fingerprint density at radius 1 is 1.23 bits per heavy atom. The van der Waals surface area contributed by atoms with Gasteiger partial charge in [0.1, 0.15) is 0 Å². The van der Waals surface area contributed by atoms with Gasteiger partial charge in [-0.15, -0.1) is 0 Å². The maximum Gasteiger partial charge on any atom is 0.0195 e. The molecule has 0 saturated heterocycles. The molecule has 0 fully saturated rings. The van der Waals surface area contributed by atoms with E-state index < -0.39 is 0 Å². The lowest BCUT2D eigenvalue weighted by Crippen LogP contribution is -2.25. The third kappa shape index (κ3) is 8.34. The van der Waals surface area contributed by atoms with Crippen LogP contribution >= 0.6 is 12.6 Å². The highest BCUT2D eigenvalue weighted by Crippen LogP contribution is 1.97. The molecule has 0 heterocycles. The Morgan fingerprint density at radius 3 is 2.31 bits per heavy atom. The van der Waals surface area contributed by atoms with Gasteiger partial charge in [-0.3, -0.25) is 0 Å². The lowest BCUT2D eigenvalue weighted by molar-refractivity contribution is 0.318. The van der Waals surface area contributed by atoms with E-state index in [2.05, 4.69) is 50.2 Å². The number of thiol groups is 1. The Kier molecular flexibility index (Phi) is 7.42. The highest BCUT2D eigenvalue weighted by molar-refractivity contribution is 7.80. The predicted molar refractivity (Wildman–Crippen MR) is 63.7 cm³/mol. The van der Waals surface area contributed by atoms with Gasteiger partial charge in [0, 0.05) is 12.3 Å².